The lowest BCUT2D eigenvalue weighted by atomic mass is 10.1. The maximum atomic E-state index is 5.13. The summed E-state index contributed by atoms with van der Waals surface area (Å²) in [5.41, 5.74) is 0. The largest absolute Gasteiger partial charge is 0.484 e. The lowest BCUT2D eigenvalue weighted by Crippen LogP contribution is -2.29. The van der Waals surface area contributed by atoms with Crippen molar-refractivity contribution in [3.63, 3.8) is 0 Å². The molecule has 2 unspecified atom stereocenters. The van der Waals surface area contributed by atoms with Crippen molar-refractivity contribution in [2.24, 2.45) is 4.99 Å². The van der Waals surface area contributed by atoms with Crippen molar-refractivity contribution in [2.75, 3.05) is 13.7 Å². The molecule has 2 rings (SSSR count). The van der Waals surface area contributed by atoms with Gasteiger partial charge in [-0.2, -0.15) is 0 Å². The molecule has 0 radical (unpaired) electrons. The number of fused-ring (bicyclic) bond motifs is 2. The van der Waals surface area contributed by atoms with Crippen molar-refractivity contribution in [3.05, 3.63) is 0 Å². The SMILES string of the molecule is COC1=NCC2CCC(C1)N2. The highest BCUT2D eigenvalue weighted by atomic mass is 16.5. The molecule has 2 aliphatic heterocycles. The molecule has 3 nitrogen and oxygen atoms in total. The Morgan fingerprint density at radius 2 is 2.27 bits per heavy atom. The van der Waals surface area contributed by atoms with Crippen LogP contribution in [-0.2, 0) is 4.74 Å². The summed E-state index contributed by atoms with van der Waals surface area (Å²) in [7, 11) is 1.71. The topological polar surface area (TPSA) is 33.6 Å². The smallest absolute Gasteiger partial charge is 0.184 e. The first-order valence-electron chi connectivity index (χ1n) is 4.22. The molecule has 0 aromatic heterocycles. The lowest BCUT2D eigenvalue weighted by molar-refractivity contribution is 0.381. The van der Waals surface area contributed by atoms with Gasteiger partial charge in [-0.15, -0.1) is 0 Å². The Balaban J connectivity index is 2.06. The number of methoxy groups -OCH3 is 1. The summed E-state index contributed by atoms with van der Waals surface area (Å²) >= 11 is 0. The van der Waals surface area contributed by atoms with Gasteiger partial charge in [0.05, 0.1) is 13.7 Å². The zero-order chi connectivity index (χ0) is 7.68. The molecule has 0 aliphatic carbocycles. The standard InChI is InChI=1S/C8H14N2O/c1-11-8-4-6-2-3-7(10-6)5-9-8/h6-7,10H,2-5H2,1H3. The second-order valence-corrected chi connectivity index (χ2v) is 3.28. The van der Waals surface area contributed by atoms with Gasteiger partial charge in [0.15, 0.2) is 5.90 Å². The van der Waals surface area contributed by atoms with Gasteiger partial charge in [0.25, 0.3) is 0 Å². The van der Waals surface area contributed by atoms with Crippen molar-refractivity contribution >= 4 is 5.90 Å². The maximum absolute atomic E-state index is 5.13. The molecule has 1 fully saturated rings. The first-order valence-corrected chi connectivity index (χ1v) is 4.22. The van der Waals surface area contributed by atoms with Gasteiger partial charge >= 0.3 is 0 Å². The molecular weight excluding hydrogens is 140 g/mol. The van der Waals surface area contributed by atoms with Crippen LogP contribution in [0, 0.1) is 0 Å². The molecular formula is C8H14N2O. The number of rotatable bonds is 0. The number of hydrogen-bond donors (Lipinski definition) is 1. The summed E-state index contributed by atoms with van der Waals surface area (Å²) in [4.78, 5) is 4.36. The molecule has 3 heteroatoms. The Labute approximate surface area is 66.8 Å². The van der Waals surface area contributed by atoms with E-state index < -0.39 is 0 Å². The van der Waals surface area contributed by atoms with E-state index >= 15 is 0 Å². The molecule has 62 valence electrons. The second kappa shape index (κ2) is 2.81. The Hall–Kier alpha value is -0.570. The van der Waals surface area contributed by atoms with E-state index in [4.69, 9.17) is 4.74 Å². The fourth-order valence-corrected chi connectivity index (χ4v) is 1.84. The minimum atomic E-state index is 0.618. The van der Waals surface area contributed by atoms with E-state index in [0.29, 0.717) is 12.1 Å². The molecule has 2 atom stereocenters. The van der Waals surface area contributed by atoms with Crippen molar-refractivity contribution in [1.29, 1.82) is 0 Å². The molecule has 2 aliphatic rings. The maximum Gasteiger partial charge on any atom is 0.184 e. The van der Waals surface area contributed by atoms with Crippen LogP contribution in [0.15, 0.2) is 4.99 Å². The first-order chi connectivity index (χ1) is 5.38. The average molecular weight is 154 g/mol. The summed E-state index contributed by atoms with van der Waals surface area (Å²) in [5, 5.41) is 3.52. The van der Waals surface area contributed by atoms with Crippen LogP contribution < -0.4 is 5.32 Å². The minimum Gasteiger partial charge on any atom is -0.484 e. The molecule has 0 amide bonds. The molecule has 1 saturated heterocycles. The molecule has 1 N–H and O–H groups in total. The van der Waals surface area contributed by atoms with E-state index in [1.807, 2.05) is 0 Å². The summed E-state index contributed by atoms with van der Waals surface area (Å²) in [6.07, 6.45) is 3.55. The minimum absolute atomic E-state index is 0.618. The van der Waals surface area contributed by atoms with Crippen molar-refractivity contribution in [2.45, 2.75) is 31.3 Å². The van der Waals surface area contributed by atoms with Crippen molar-refractivity contribution < 1.29 is 4.74 Å². The normalized spacial score (nSPS) is 36.3. The predicted octanol–water partition coefficient (Wildman–Crippen LogP) is 0.556. The highest BCUT2D eigenvalue weighted by molar-refractivity contribution is 5.77. The third kappa shape index (κ3) is 1.38. The Bertz CT molecular complexity index is 179. The number of nitrogens with one attached hydrogen (secondary N) is 1. The van der Waals surface area contributed by atoms with E-state index in [0.717, 1.165) is 18.9 Å². The van der Waals surface area contributed by atoms with Crippen LogP contribution in [0.25, 0.3) is 0 Å². The van der Waals surface area contributed by atoms with Crippen LogP contribution in [0.4, 0.5) is 0 Å². The van der Waals surface area contributed by atoms with Crippen LogP contribution in [0.3, 0.4) is 0 Å². The predicted molar refractivity (Wildman–Crippen MR) is 43.9 cm³/mol. The van der Waals surface area contributed by atoms with Crippen LogP contribution >= 0.6 is 0 Å². The summed E-state index contributed by atoms with van der Waals surface area (Å²) in [5.74, 6) is 0.921. The van der Waals surface area contributed by atoms with Crippen LogP contribution in [0.1, 0.15) is 19.3 Å². The fraction of sp³-hybridized carbons (Fsp3) is 0.875. The lowest BCUT2D eigenvalue weighted by Gasteiger charge is -2.08. The average Bonchev–Trinajstić information content (AvgIpc) is 2.31. The van der Waals surface area contributed by atoms with E-state index in [2.05, 4.69) is 10.3 Å². The van der Waals surface area contributed by atoms with Crippen molar-refractivity contribution in [3.8, 4) is 0 Å². The van der Waals surface area contributed by atoms with E-state index in [-0.39, 0.29) is 0 Å². The zero-order valence-corrected chi connectivity index (χ0v) is 6.84. The van der Waals surface area contributed by atoms with Crippen LogP contribution in [0.5, 0.6) is 0 Å². The molecule has 2 heterocycles. The number of aliphatic imine (C=N–C) groups is 1. The van der Waals surface area contributed by atoms with Gasteiger partial charge in [0.2, 0.25) is 0 Å². The van der Waals surface area contributed by atoms with E-state index in [1.54, 1.807) is 7.11 Å². The summed E-state index contributed by atoms with van der Waals surface area (Å²) in [6, 6.07) is 1.24. The highest BCUT2D eigenvalue weighted by Crippen LogP contribution is 2.19. The monoisotopic (exact) mass is 154 g/mol. The second-order valence-electron chi connectivity index (χ2n) is 3.28. The van der Waals surface area contributed by atoms with Crippen LogP contribution in [0.2, 0.25) is 0 Å². The van der Waals surface area contributed by atoms with Gasteiger partial charge in [-0.25, -0.2) is 0 Å². The number of hydrogen-bond acceptors (Lipinski definition) is 3. The molecule has 2 bridgehead atoms. The number of ether oxygens (including phenoxy) is 1. The first kappa shape index (κ1) is 7.10. The van der Waals surface area contributed by atoms with Gasteiger partial charge < -0.3 is 10.1 Å². The van der Waals surface area contributed by atoms with E-state index in [1.165, 1.54) is 12.8 Å². The van der Waals surface area contributed by atoms with E-state index in [9.17, 15) is 0 Å². The molecule has 0 aromatic rings. The Kier molecular flexibility index (Phi) is 1.82. The molecule has 11 heavy (non-hydrogen) atoms. The van der Waals surface area contributed by atoms with Crippen molar-refractivity contribution in [1.82, 2.24) is 5.32 Å². The Morgan fingerprint density at radius 3 is 3.09 bits per heavy atom. The van der Waals surface area contributed by atoms with Gasteiger partial charge in [0, 0.05) is 18.5 Å². The molecule has 0 spiro atoms. The summed E-state index contributed by atoms with van der Waals surface area (Å²) < 4.78 is 5.13. The molecule has 0 saturated carbocycles. The van der Waals surface area contributed by atoms with Gasteiger partial charge in [-0.05, 0) is 12.8 Å². The third-order valence-electron chi connectivity index (χ3n) is 2.48. The fourth-order valence-electron chi connectivity index (χ4n) is 1.84. The quantitative estimate of drug-likeness (QED) is 0.553. The third-order valence-corrected chi connectivity index (χ3v) is 2.48. The molecule has 0 aromatic carbocycles. The van der Waals surface area contributed by atoms with Gasteiger partial charge in [-0.1, -0.05) is 0 Å². The van der Waals surface area contributed by atoms with Gasteiger partial charge in [-0.3, -0.25) is 4.99 Å². The summed E-state index contributed by atoms with van der Waals surface area (Å²) in [6.45, 7) is 0.902. The van der Waals surface area contributed by atoms with Gasteiger partial charge in [0.1, 0.15) is 0 Å². The zero-order valence-electron chi connectivity index (χ0n) is 6.84. The van der Waals surface area contributed by atoms with Crippen LogP contribution in [-0.4, -0.2) is 31.6 Å². The number of nitrogens with zero attached hydrogens (tertiary/aromatic N) is 1. The highest BCUT2D eigenvalue weighted by Gasteiger charge is 2.27. The Morgan fingerprint density at radius 1 is 1.45 bits per heavy atom.